The fourth-order valence-electron chi connectivity index (χ4n) is 15.1. The van der Waals surface area contributed by atoms with Crippen LogP contribution in [0.1, 0.15) is 236 Å². The van der Waals surface area contributed by atoms with Gasteiger partial charge < -0.3 is 75.0 Å². The summed E-state index contributed by atoms with van der Waals surface area (Å²) in [6, 6.07) is 20.5. The molecule has 5 aromatic rings. The first-order chi connectivity index (χ1) is 54.8. The Bertz CT molecular complexity index is 4190. The highest BCUT2D eigenvalue weighted by Crippen LogP contribution is 2.62. The van der Waals surface area contributed by atoms with Crippen LogP contribution in [0.5, 0.6) is 5.75 Å². The second-order valence-electron chi connectivity index (χ2n) is 32.8. The molecule has 31 nitrogen and oxygen atoms in total. The molecule has 2 unspecified atom stereocenters. The molecular weight excluding hydrogens is 1480 g/mol. The van der Waals surface area contributed by atoms with Crippen molar-refractivity contribution in [2.24, 2.45) is 12.2 Å². The highest BCUT2D eigenvalue weighted by atomic mass is 16.6. The number of aromatic nitrogens is 1. The number of alkyl carbamates (subject to hydrolysis) is 3. The van der Waals surface area contributed by atoms with Crippen LogP contribution in [0.25, 0.3) is 21.3 Å². The molecule has 2 saturated heterocycles. The number of anilines is 3. The zero-order valence-corrected chi connectivity index (χ0v) is 68.2. The van der Waals surface area contributed by atoms with E-state index in [0.717, 1.165) is 115 Å². The number of hydrogen-bond donors (Lipinski definition) is 7. The highest BCUT2D eigenvalue weighted by Gasteiger charge is 2.54. The number of unbranched alkanes of at least 4 members (excludes halogenated alkanes) is 12. The molecule has 1 aromatic heterocycles. The maximum atomic E-state index is 14.5. The van der Waals surface area contributed by atoms with Crippen LogP contribution in [0.3, 0.4) is 0 Å². The van der Waals surface area contributed by atoms with E-state index < -0.39 is 82.0 Å². The molecule has 4 aromatic carbocycles. The average molecular weight is 1590 g/mol. The fourth-order valence-corrected chi connectivity index (χ4v) is 15.1. The molecule has 5 aliphatic rings. The number of rotatable bonds is 42. The summed E-state index contributed by atoms with van der Waals surface area (Å²) in [5, 5.41) is 24.8. The molecule has 31 heteroatoms. The van der Waals surface area contributed by atoms with Gasteiger partial charge in [-0.15, -0.1) is 0 Å². The minimum atomic E-state index is -1.48. The Balaban J connectivity index is 0.881. The van der Waals surface area contributed by atoms with Crippen LogP contribution in [0.15, 0.2) is 91.9 Å². The van der Waals surface area contributed by atoms with E-state index in [1.165, 1.54) is 35.0 Å². The van der Waals surface area contributed by atoms with Gasteiger partial charge >= 0.3 is 29.7 Å². The molecule has 3 aliphatic carbocycles. The van der Waals surface area contributed by atoms with Gasteiger partial charge in [0.25, 0.3) is 12.1 Å². The van der Waals surface area contributed by atoms with Crippen molar-refractivity contribution in [2.75, 3.05) is 81.6 Å². The third-order valence-corrected chi connectivity index (χ3v) is 20.3. The molecule has 2 bridgehead atoms. The van der Waals surface area contributed by atoms with Crippen molar-refractivity contribution in [1.29, 1.82) is 0 Å². The average Bonchev–Trinajstić information content (AvgIpc) is 0.950. The summed E-state index contributed by atoms with van der Waals surface area (Å²) in [6.07, 6.45) is 10.1. The summed E-state index contributed by atoms with van der Waals surface area (Å²) < 4.78 is 40.0. The third kappa shape index (κ3) is 25.5. The number of benzene rings is 4. The molecule has 7 N–H and O–H groups in total. The lowest BCUT2D eigenvalue weighted by Gasteiger charge is -2.51. The molecule has 10 rings (SSSR count). The Morgan fingerprint density at radius 2 is 0.965 bits per heavy atom. The third-order valence-electron chi connectivity index (χ3n) is 20.3. The summed E-state index contributed by atoms with van der Waals surface area (Å²) in [7, 11) is 1.41. The number of nitrogens with one attached hydrogen (secondary N) is 7. The van der Waals surface area contributed by atoms with Gasteiger partial charge in [0, 0.05) is 111 Å². The van der Waals surface area contributed by atoms with Gasteiger partial charge in [-0.2, -0.15) is 0 Å². The van der Waals surface area contributed by atoms with Gasteiger partial charge in [-0.3, -0.25) is 38.2 Å². The van der Waals surface area contributed by atoms with Crippen LogP contribution in [-0.4, -0.2) is 169 Å². The number of piperazine rings is 1. The Labute approximate surface area is 671 Å². The van der Waals surface area contributed by atoms with Crippen LogP contribution < -0.4 is 53.3 Å². The van der Waals surface area contributed by atoms with Gasteiger partial charge in [0.05, 0.1) is 43.4 Å². The zero-order valence-electron chi connectivity index (χ0n) is 68.2. The Kier molecular flexibility index (Phi) is 31.7. The first-order valence-corrected chi connectivity index (χ1v) is 40.4. The van der Waals surface area contributed by atoms with Crippen molar-refractivity contribution < 1.29 is 76.0 Å². The van der Waals surface area contributed by atoms with E-state index in [-0.39, 0.29) is 131 Å². The van der Waals surface area contributed by atoms with Gasteiger partial charge in [0.2, 0.25) is 29.5 Å². The lowest BCUT2D eigenvalue weighted by atomic mass is 9.51. The quantitative estimate of drug-likeness (QED) is 0.00627. The van der Waals surface area contributed by atoms with Gasteiger partial charge in [0.1, 0.15) is 28.6 Å². The standard InChI is InChI=1S/C84H115N13O18/c1-81(2,3)113-77(105)87-39-23-17-11-14-20-26-69(99)90-54-29-33-59-63(48-54)84(38-37-68(98)86-42-44-109-46-47-110-45-43-96-73(102)67-51-57(93-94-85)53-97(67)74(103)75(96)111-58-32-36-62-66(52-58)95(10)80(108)112-76(62)104)64-49-55(91-70(100)27-21-15-12-18-24-40-88-78(106)114-82(4,5)6)30-34-60(64)72(59)61-35-31-56(50-65(61)84)92-71(101)28-22-16-13-19-25-41-89-79(107)115-83(7,8)9/h29-36,48-50,52,57,67,72,75H,11-28,37-47,51,53H2,1-10H3,(H,86,98)(H,87,105)(H,88,106)(H,89,107)(H,90,99)(H,91,100)(H,92,101)/t57?,67-,72?,75?,84?/m0/s1. The fraction of sp³-hybridized carbons (Fsp3) is 0.583. The summed E-state index contributed by atoms with van der Waals surface area (Å²) >= 11 is 0. The molecular formula is C84H115N13O18. The molecule has 3 heterocycles. The minimum Gasteiger partial charge on any atom is -0.461 e. The summed E-state index contributed by atoms with van der Waals surface area (Å²) in [4.78, 5) is 151. The van der Waals surface area contributed by atoms with E-state index in [9.17, 15) is 58.3 Å². The first-order valence-electron chi connectivity index (χ1n) is 40.4. The zero-order chi connectivity index (χ0) is 83.0. The van der Waals surface area contributed by atoms with Crippen LogP contribution in [0.2, 0.25) is 0 Å². The largest absolute Gasteiger partial charge is 0.461 e. The van der Waals surface area contributed by atoms with Gasteiger partial charge in [-0.1, -0.05) is 81.1 Å². The molecule has 624 valence electrons. The lowest BCUT2D eigenvalue weighted by Crippen LogP contribution is -2.65. The molecule has 0 radical (unpaired) electrons. The van der Waals surface area contributed by atoms with E-state index in [1.807, 2.05) is 117 Å². The summed E-state index contributed by atoms with van der Waals surface area (Å²) in [5.74, 6) is -2.94. The van der Waals surface area contributed by atoms with E-state index in [1.54, 1.807) is 0 Å². The van der Waals surface area contributed by atoms with Crippen molar-refractivity contribution in [3.05, 3.63) is 138 Å². The number of ether oxygens (including phenoxy) is 6. The monoisotopic (exact) mass is 1590 g/mol. The highest BCUT2D eigenvalue weighted by molar-refractivity contribution is 5.98. The van der Waals surface area contributed by atoms with E-state index >= 15 is 0 Å². The predicted molar refractivity (Wildman–Crippen MR) is 433 cm³/mol. The predicted octanol–water partition coefficient (Wildman–Crippen LogP) is 12.5. The van der Waals surface area contributed by atoms with Crippen LogP contribution >= 0.6 is 0 Å². The summed E-state index contributed by atoms with van der Waals surface area (Å²) in [6.45, 7) is 18.0. The Morgan fingerprint density at radius 3 is 1.42 bits per heavy atom. The number of azide groups is 1. The van der Waals surface area contributed by atoms with E-state index in [2.05, 4.69) is 47.2 Å². The maximum Gasteiger partial charge on any atom is 0.422 e. The van der Waals surface area contributed by atoms with E-state index in [0.29, 0.717) is 56.0 Å². The van der Waals surface area contributed by atoms with Crippen LogP contribution in [0, 0.1) is 0 Å². The van der Waals surface area contributed by atoms with Crippen LogP contribution in [0.4, 0.5) is 31.4 Å². The second-order valence-corrected chi connectivity index (χ2v) is 32.8. The summed E-state index contributed by atoms with van der Waals surface area (Å²) in [5.41, 5.74) is 12.8. The molecule has 3 atom stereocenters. The number of carbonyl (C=O) groups excluding carboxylic acids is 9. The SMILES string of the molecule is Cn1c(=O)oc(=O)c2ccc(OC3C(=O)N4CC(N=[N+]=[N-])C[C@H]4C(=O)N3CCOCCOCCNC(=O)CCC34c5cc(NC(=O)CCCCCCCNC(=O)OC(C)(C)C)ccc5C(c5ccc(NC(=O)CCCCCCCNC(=O)OC(C)(C)C)cc53)c3ccc(NC(=O)CCCCCCCNC(=O)OC(C)(C)C)cc34)cc21. The molecule has 9 amide bonds. The van der Waals surface area contributed by atoms with Gasteiger partial charge in [0.15, 0.2) is 0 Å². The number of nitrogens with zero attached hydrogens (tertiary/aromatic N) is 6. The molecule has 2 aliphatic heterocycles. The van der Waals surface area contributed by atoms with Crippen molar-refractivity contribution in [3.63, 3.8) is 0 Å². The number of carbonyl (C=O) groups is 9. The van der Waals surface area contributed by atoms with E-state index in [4.69, 9.17) is 32.8 Å². The normalized spacial score (nSPS) is 17.3. The van der Waals surface area contributed by atoms with Crippen LogP contribution in [-0.2, 0) is 64.9 Å². The smallest absolute Gasteiger partial charge is 0.422 e. The minimum absolute atomic E-state index is 0.00198. The number of aryl methyl sites for hydroxylation is 1. The van der Waals surface area contributed by atoms with Crippen molar-refractivity contribution in [3.8, 4) is 5.75 Å². The molecule has 115 heavy (non-hydrogen) atoms. The first kappa shape index (κ1) is 88.4. The van der Waals surface area contributed by atoms with Gasteiger partial charge in [-0.25, -0.2) is 24.0 Å². The number of fused-ring (bicyclic) bond motifs is 2. The van der Waals surface area contributed by atoms with Crippen molar-refractivity contribution >= 4 is 81.7 Å². The molecule has 0 saturated carbocycles. The Hall–Kier alpha value is -10.5. The number of amides is 9. The maximum absolute atomic E-state index is 14.5. The molecule has 2 fully saturated rings. The van der Waals surface area contributed by atoms with Crippen molar-refractivity contribution in [2.45, 2.75) is 244 Å². The Morgan fingerprint density at radius 1 is 0.522 bits per heavy atom. The van der Waals surface area contributed by atoms with Crippen molar-refractivity contribution in [1.82, 2.24) is 35.6 Å². The topological polar surface area (TPSA) is 401 Å². The van der Waals surface area contributed by atoms with Gasteiger partial charge in [-0.05, 0) is 201 Å². The second kappa shape index (κ2) is 41.2. The lowest BCUT2D eigenvalue weighted by molar-refractivity contribution is -0.172. The molecule has 0 spiro atoms. The number of hydrogen-bond acceptors (Lipinski definition) is 19.